The monoisotopic (exact) mass is 411 g/mol. The summed E-state index contributed by atoms with van der Waals surface area (Å²) in [5.74, 6) is 0.155. The molecular formula is C22H22FN3O2S. The van der Waals surface area contributed by atoms with Gasteiger partial charge in [-0.25, -0.2) is 9.37 Å². The highest BCUT2D eigenvalue weighted by Crippen LogP contribution is 2.34. The van der Waals surface area contributed by atoms with Gasteiger partial charge in [-0.3, -0.25) is 14.2 Å². The fraction of sp³-hybridized carbons (Fsp3) is 0.409. The van der Waals surface area contributed by atoms with Gasteiger partial charge in [-0.2, -0.15) is 0 Å². The van der Waals surface area contributed by atoms with Crippen molar-refractivity contribution in [2.45, 2.75) is 45.2 Å². The lowest BCUT2D eigenvalue weighted by molar-refractivity contribution is -0.136. The van der Waals surface area contributed by atoms with E-state index < -0.39 is 0 Å². The van der Waals surface area contributed by atoms with Crippen LogP contribution in [0.15, 0.2) is 35.4 Å². The van der Waals surface area contributed by atoms with E-state index in [-0.39, 0.29) is 23.2 Å². The van der Waals surface area contributed by atoms with Crippen molar-refractivity contribution in [3.63, 3.8) is 0 Å². The van der Waals surface area contributed by atoms with Crippen molar-refractivity contribution in [1.82, 2.24) is 14.5 Å². The molecule has 0 radical (unpaired) electrons. The highest BCUT2D eigenvalue weighted by molar-refractivity contribution is 7.18. The van der Waals surface area contributed by atoms with Gasteiger partial charge in [0.1, 0.15) is 10.6 Å². The average molecular weight is 412 g/mol. The number of aromatic nitrogens is 2. The zero-order valence-corrected chi connectivity index (χ0v) is 16.9. The molecule has 0 atom stereocenters. The number of hydrogen-bond donors (Lipinski definition) is 0. The van der Waals surface area contributed by atoms with Gasteiger partial charge in [-0.05, 0) is 42.5 Å². The van der Waals surface area contributed by atoms with Crippen LogP contribution in [0.2, 0.25) is 0 Å². The predicted molar refractivity (Wildman–Crippen MR) is 110 cm³/mol. The standard InChI is InChI=1S/C22H22FN3O2S/c23-16-7-5-14(6-8-16)11-26-13-24-20-19(22(26)28)17-9-10-25(12-18(17)29-20)21(27)15-3-1-2-4-15/h5-8,13,15H,1-4,9-12H2. The molecule has 1 amide bonds. The minimum atomic E-state index is -0.293. The van der Waals surface area contributed by atoms with Gasteiger partial charge in [0.25, 0.3) is 5.56 Å². The second-order valence-electron chi connectivity index (χ2n) is 7.98. The van der Waals surface area contributed by atoms with Gasteiger partial charge < -0.3 is 4.90 Å². The van der Waals surface area contributed by atoms with Crippen molar-refractivity contribution in [2.75, 3.05) is 6.54 Å². The van der Waals surface area contributed by atoms with Crippen LogP contribution in [0, 0.1) is 11.7 Å². The fourth-order valence-electron chi connectivity index (χ4n) is 4.54. The second kappa shape index (κ2) is 7.37. The largest absolute Gasteiger partial charge is 0.337 e. The molecule has 0 spiro atoms. The minimum Gasteiger partial charge on any atom is -0.337 e. The first kappa shape index (κ1) is 18.5. The molecule has 0 bridgehead atoms. The number of nitrogens with zero attached hydrogens (tertiary/aromatic N) is 3. The maximum Gasteiger partial charge on any atom is 0.262 e. The number of rotatable bonds is 3. The Morgan fingerprint density at radius 3 is 2.72 bits per heavy atom. The summed E-state index contributed by atoms with van der Waals surface area (Å²) in [6.07, 6.45) is 6.57. The Morgan fingerprint density at radius 2 is 1.97 bits per heavy atom. The summed E-state index contributed by atoms with van der Waals surface area (Å²) >= 11 is 1.53. The Morgan fingerprint density at radius 1 is 1.21 bits per heavy atom. The van der Waals surface area contributed by atoms with Crippen LogP contribution in [-0.4, -0.2) is 26.9 Å². The smallest absolute Gasteiger partial charge is 0.262 e. The van der Waals surface area contributed by atoms with E-state index in [1.807, 2.05) is 4.90 Å². The summed E-state index contributed by atoms with van der Waals surface area (Å²) in [7, 11) is 0. The number of halogens is 1. The molecule has 1 aliphatic carbocycles. The molecule has 0 saturated heterocycles. The third-order valence-electron chi connectivity index (χ3n) is 6.11. The zero-order chi connectivity index (χ0) is 20.0. The number of amides is 1. The van der Waals surface area contributed by atoms with E-state index in [9.17, 15) is 14.0 Å². The van der Waals surface area contributed by atoms with Crippen molar-refractivity contribution >= 4 is 27.5 Å². The Kier molecular flexibility index (Phi) is 4.70. The van der Waals surface area contributed by atoms with Crippen LogP contribution in [0.5, 0.6) is 0 Å². The molecule has 2 aliphatic rings. The van der Waals surface area contributed by atoms with Crippen molar-refractivity contribution < 1.29 is 9.18 Å². The minimum absolute atomic E-state index is 0.0626. The lowest BCUT2D eigenvalue weighted by atomic mass is 10.0. The molecule has 0 unspecified atom stereocenters. The SMILES string of the molecule is O=C(C1CCCC1)N1CCc2c(sc3ncn(Cc4ccc(F)cc4)c(=O)c23)C1. The third kappa shape index (κ3) is 3.37. The van der Waals surface area contributed by atoms with Crippen LogP contribution in [0.4, 0.5) is 4.39 Å². The topological polar surface area (TPSA) is 55.2 Å². The Balaban J connectivity index is 1.44. The quantitative estimate of drug-likeness (QED) is 0.660. The van der Waals surface area contributed by atoms with E-state index >= 15 is 0 Å². The summed E-state index contributed by atoms with van der Waals surface area (Å²) in [5, 5.41) is 0.683. The van der Waals surface area contributed by atoms with Crippen LogP contribution in [0.3, 0.4) is 0 Å². The van der Waals surface area contributed by atoms with E-state index in [2.05, 4.69) is 4.98 Å². The number of fused-ring (bicyclic) bond motifs is 3. The lowest BCUT2D eigenvalue weighted by Gasteiger charge is -2.29. The second-order valence-corrected chi connectivity index (χ2v) is 9.06. The molecule has 1 aromatic carbocycles. The third-order valence-corrected chi connectivity index (χ3v) is 7.23. The summed E-state index contributed by atoms with van der Waals surface area (Å²) in [6.45, 7) is 1.61. The molecule has 3 aromatic rings. The van der Waals surface area contributed by atoms with Crippen LogP contribution < -0.4 is 5.56 Å². The predicted octanol–water partition coefficient (Wildman–Crippen LogP) is 3.72. The first-order valence-corrected chi connectivity index (χ1v) is 10.9. The summed E-state index contributed by atoms with van der Waals surface area (Å²) in [5.41, 5.74) is 1.84. The van der Waals surface area contributed by atoms with E-state index in [0.29, 0.717) is 31.4 Å². The molecule has 2 aromatic heterocycles. The number of hydrogen-bond acceptors (Lipinski definition) is 4. The molecular weight excluding hydrogens is 389 g/mol. The van der Waals surface area contributed by atoms with Gasteiger partial charge in [0.05, 0.1) is 24.8 Å². The Labute approximate surface area is 171 Å². The van der Waals surface area contributed by atoms with Crippen molar-refractivity contribution in [1.29, 1.82) is 0 Å². The van der Waals surface area contributed by atoms with Crippen molar-refractivity contribution in [3.05, 3.63) is 62.8 Å². The van der Waals surface area contributed by atoms with Gasteiger partial charge in [-0.1, -0.05) is 25.0 Å². The number of carbonyl (C=O) groups excluding carboxylic acids is 1. The number of benzene rings is 1. The Hall–Kier alpha value is -2.54. The first-order valence-electron chi connectivity index (χ1n) is 10.1. The Bertz CT molecular complexity index is 1130. The molecule has 3 heterocycles. The van der Waals surface area contributed by atoms with Gasteiger partial charge in [0, 0.05) is 17.3 Å². The van der Waals surface area contributed by atoms with E-state index in [4.69, 9.17) is 0 Å². The van der Waals surface area contributed by atoms with Gasteiger partial charge in [0.2, 0.25) is 5.91 Å². The van der Waals surface area contributed by atoms with E-state index in [1.165, 1.54) is 23.5 Å². The van der Waals surface area contributed by atoms with Gasteiger partial charge >= 0.3 is 0 Å². The summed E-state index contributed by atoms with van der Waals surface area (Å²) in [6, 6.07) is 6.16. The van der Waals surface area contributed by atoms with Crippen molar-refractivity contribution in [3.8, 4) is 0 Å². The normalized spacial score (nSPS) is 17.1. The molecule has 5 nitrogen and oxygen atoms in total. The molecule has 7 heteroatoms. The number of carbonyl (C=O) groups is 1. The van der Waals surface area contributed by atoms with E-state index in [1.54, 1.807) is 23.0 Å². The fourth-order valence-corrected chi connectivity index (χ4v) is 5.73. The molecule has 1 saturated carbocycles. The van der Waals surface area contributed by atoms with Crippen LogP contribution in [0.25, 0.3) is 10.2 Å². The van der Waals surface area contributed by atoms with Crippen LogP contribution >= 0.6 is 11.3 Å². The first-order chi connectivity index (χ1) is 14.1. The average Bonchev–Trinajstić information content (AvgIpc) is 3.38. The van der Waals surface area contributed by atoms with Gasteiger partial charge in [0.15, 0.2) is 0 Å². The molecule has 5 rings (SSSR count). The highest BCUT2D eigenvalue weighted by atomic mass is 32.1. The maximum atomic E-state index is 13.1. The van der Waals surface area contributed by atoms with E-state index in [0.717, 1.165) is 46.5 Å². The molecule has 1 fully saturated rings. The van der Waals surface area contributed by atoms with Gasteiger partial charge in [-0.15, -0.1) is 11.3 Å². The maximum absolute atomic E-state index is 13.1. The molecule has 150 valence electrons. The lowest BCUT2D eigenvalue weighted by Crippen LogP contribution is -2.38. The van der Waals surface area contributed by atoms with Crippen LogP contribution in [-0.2, 0) is 24.3 Å². The molecule has 0 N–H and O–H groups in total. The van der Waals surface area contributed by atoms with Crippen LogP contribution in [0.1, 0.15) is 41.7 Å². The zero-order valence-electron chi connectivity index (χ0n) is 16.1. The summed E-state index contributed by atoms with van der Waals surface area (Å²) < 4.78 is 14.7. The number of thiophene rings is 1. The molecule has 1 aliphatic heterocycles. The van der Waals surface area contributed by atoms with Crippen molar-refractivity contribution in [2.24, 2.45) is 5.92 Å². The highest BCUT2D eigenvalue weighted by Gasteiger charge is 2.31. The summed E-state index contributed by atoms with van der Waals surface area (Å²) in [4.78, 5) is 34.2. The molecule has 29 heavy (non-hydrogen) atoms.